The maximum atomic E-state index is 13.1. The Balaban J connectivity index is 1.61. The van der Waals surface area contributed by atoms with Crippen LogP contribution in [0.15, 0.2) is 53.4 Å². The molecule has 7 heteroatoms. The lowest BCUT2D eigenvalue weighted by Crippen LogP contribution is -2.26. The van der Waals surface area contributed by atoms with Gasteiger partial charge in [0.1, 0.15) is 10.6 Å². The van der Waals surface area contributed by atoms with Gasteiger partial charge in [-0.05, 0) is 74.1 Å². The van der Waals surface area contributed by atoms with Gasteiger partial charge in [-0.15, -0.1) is 0 Å². The second-order valence-corrected chi connectivity index (χ2v) is 13.1. The molecule has 38 heavy (non-hydrogen) atoms. The number of hydrogen-bond acceptors (Lipinski definition) is 4. The Morgan fingerprint density at radius 2 is 1.58 bits per heavy atom. The number of nitrogens with one attached hydrogen (secondary N) is 1. The molecule has 0 spiro atoms. The van der Waals surface area contributed by atoms with Crippen LogP contribution in [0.4, 0.5) is 0 Å². The maximum Gasteiger partial charge on any atom is 0.244 e. The van der Waals surface area contributed by atoms with Crippen LogP contribution in [-0.2, 0) is 20.9 Å². The summed E-state index contributed by atoms with van der Waals surface area (Å²) < 4.78 is 36.9. The van der Waals surface area contributed by atoms with Crippen LogP contribution in [0.25, 0.3) is 5.69 Å². The minimum atomic E-state index is -3.67. The number of hydrogen-bond donors (Lipinski definition) is 1. The molecule has 0 unspecified atom stereocenters. The Kier molecular flexibility index (Phi) is 9.48. The summed E-state index contributed by atoms with van der Waals surface area (Å²) in [7, 11) is -3.67. The van der Waals surface area contributed by atoms with Gasteiger partial charge >= 0.3 is 0 Å². The van der Waals surface area contributed by atoms with Crippen molar-refractivity contribution in [2.75, 3.05) is 13.2 Å². The Labute approximate surface area is 229 Å². The third kappa shape index (κ3) is 6.67. The fourth-order valence-electron chi connectivity index (χ4n) is 4.53. The van der Waals surface area contributed by atoms with E-state index < -0.39 is 10.0 Å². The van der Waals surface area contributed by atoms with Crippen LogP contribution in [0.1, 0.15) is 89.7 Å². The lowest BCUT2D eigenvalue weighted by atomic mass is 9.76. The van der Waals surface area contributed by atoms with Crippen molar-refractivity contribution in [3.05, 3.63) is 71.0 Å². The molecule has 0 fully saturated rings. The van der Waals surface area contributed by atoms with E-state index >= 15 is 0 Å². The van der Waals surface area contributed by atoms with E-state index in [1.807, 2.05) is 30.3 Å². The van der Waals surface area contributed by atoms with Gasteiger partial charge < -0.3 is 4.74 Å². The molecule has 0 saturated carbocycles. The summed E-state index contributed by atoms with van der Waals surface area (Å²) >= 11 is 0. The maximum absolute atomic E-state index is 13.1. The summed E-state index contributed by atoms with van der Waals surface area (Å²) in [6.07, 6.45) is 3.51. The zero-order chi connectivity index (χ0) is 28.1. The van der Waals surface area contributed by atoms with E-state index in [-0.39, 0.29) is 15.7 Å². The largest absolute Gasteiger partial charge is 0.493 e. The Morgan fingerprint density at radius 3 is 2.21 bits per heavy atom. The van der Waals surface area contributed by atoms with Gasteiger partial charge in [-0.3, -0.25) is 0 Å². The number of sulfonamides is 1. The quantitative estimate of drug-likeness (QED) is 0.237. The molecule has 0 aliphatic carbocycles. The zero-order valence-electron chi connectivity index (χ0n) is 24.4. The molecule has 0 aliphatic heterocycles. The summed E-state index contributed by atoms with van der Waals surface area (Å²) in [6.45, 7) is 17.9. The summed E-state index contributed by atoms with van der Waals surface area (Å²) in [6, 6.07) is 16.2. The van der Waals surface area contributed by atoms with Crippen molar-refractivity contribution in [1.82, 2.24) is 14.5 Å². The minimum absolute atomic E-state index is 0.00467. The van der Waals surface area contributed by atoms with Crippen LogP contribution in [0.5, 0.6) is 5.75 Å². The van der Waals surface area contributed by atoms with Crippen molar-refractivity contribution < 1.29 is 13.2 Å². The highest BCUT2D eigenvalue weighted by Crippen LogP contribution is 2.38. The molecule has 6 nitrogen and oxygen atoms in total. The van der Waals surface area contributed by atoms with Gasteiger partial charge in [0.15, 0.2) is 0 Å². The number of nitrogens with zero attached hydrogens (tertiary/aromatic N) is 2. The van der Waals surface area contributed by atoms with Gasteiger partial charge in [-0.25, -0.2) is 17.8 Å². The van der Waals surface area contributed by atoms with Crippen molar-refractivity contribution in [3.8, 4) is 11.4 Å². The zero-order valence-corrected chi connectivity index (χ0v) is 25.2. The topological polar surface area (TPSA) is 73.2 Å². The van der Waals surface area contributed by atoms with E-state index in [0.717, 1.165) is 30.7 Å². The SMILES string of the molecule is CCC(C)(C)c1ccc(OCCCCNS(=O)(=O)c2c(C)nn(-c3ccccc3)c2C)c(C(C)(C)CC)c1. The van der Waals surface area contributed by atoms with E-state index in [9.17, 15) is 8.42 Å². The molecule has 0 aliphatic rings. The molecule has 3 aromatic rings. The first kappa shape index (κ1) is 29.9. The van der Waals surface area contributed by atoms with E-state index in [2.05, 4.69) is 69.6 Å². The van der Waals surface area contributed by atoms with Crippen LogP contribution in [0, 0.1) is 13.8 Å². The van der Waals surface area contributed by atoms with Crippen molar-refractivity contribution in [2.45, 2.75) is 96.8 Å². The Hall–Kier alpha value is -2.64. The highest BCUT2D eigenvalue weighted by molar-refractivity contribution is 7.89. The van der Waals surface area contributed by atoms with Crippen LogP contribution in [0.3, 0.4) is 0 Å². The average molecular weight is 540 g/mol. The second-order valence-electron chi connectivity index (χ2n) is 11.4. The molecular formula is C31H45N3O3S. The highest BCUT2D eigenvalue weighted by atomic mass is 32.2. The van der Waals surface area contributed by atoms with Crippen molar-refractivity contribution in [2.24, 2.45) is 0 Å². The first-order chi connectivity index (χ1) is 17.8. The van der Waals surface area contributed by atoms with Crippen LogP contribution >= 0.6 is 0 Å². The van der Waals surface area contributed by atoms with Crippen molar-refractivity contribution >= 4 is 10.0 Å². The van der Waals surface area contributed by atoms with Gasteiger partial charge in [0.05, 0.1) is 23.7 Å². The molecule has 1 N–H and O–H groups in total. The molecule has 0 saturated heterocycles. The average Bonchev–Trinajstić information content (AvgIpc) is 3.20. The molecular weight excluding hydrogens is 494 g/mol. The number of para-hydroxylation sites is 1. The molecule has 2 aromatic carbocycles. The van der Waals surface area contributed by atoms with E-state index in [0.29, 0.717) is 31.0 Å². The fourth-order valence-corrected chi connectivity index (χ4v) is 5.99. The molecule has 1 aromatic heterocycles. The smallest absolute Gasteiger partial charge is 0.244 e. The van der Waals surface area contributed by atoms with E-state index in [1.54, 1.807) is 18.5 Å². The molecule has 0 bridgehead atoms. The molecule has 208 valence electrons. The van der Waals surface area contributed by atoms with Crippen LogP contribution < -0.4 is 9.46 Å². The van der Waals surface area contributed by atoms with E-state index in [4.69, 9.17) is 4.74 Å². The monoisotopic (exact) mass is 539 g/mol. The van der Waals surface area contributed by atoms with Gasteiger partial charge in [0.25, 0.3) is 0 Å². The first-order valence-corrected chi connectivity index (χ1v) is 15.2. The lowest BCUT2D eigenvalue weighted by molar-refractivity contribution is 0.296. The van der Waals surface area contributed by atoms with Gasteiger partial charge in [-0.1, -0.05) is 71.9 Å². The standard InChI is InChI=1S/C31H45N3O3S/c1-9-30(5,6)25-18-19-28(27(22-25)31(7,8)10-2)37-21-15-14-20-32-38(35,36)29-23(3)33-34(24(29)4)26-16-12-11-13-17-26/h11-13,16-19,22,32H,9-10,14-15,20-21H2,1-8H3. The lowest BCUT2D eigenvalue weighted by Gasteiger charge is -2.30. The van der Waals surface area contributed by atoms with Gasteiger partial charge in [0.2, 0.25) is 10.0 Å². The molecule has 3 rings (SSSR count). The number of aryl methyl sites for hydroxylation is 1. The summed E-state index contributed by atoms with van der Waals surface area (Å²) in [5.74, 6) is 0.924. The fraction of sp³-hybridized carbons (Fsp3) is 0.516. The highest BCUT2D eigenvalue weighted by Gasteiger charge is 2.27. The molecule has 0 radical (unpaired) electrons. The number of ether oxygens (including phenoxy) is 1. The van der Waals surface area contributed by atoms with E-state index in [1.165, 1.54) is 11.1 Å². The Morgan fingerprint density at radius 1 is 0.921 bits per heavy atom. The normalized spacial score (nSPS) is 12.6. The second kappa shape index (κ2) is 12.0. The van der Waals surface area contributed by atoms with Gasteiger partial charge in [-0.2, -0.15) is 5.10 Å². The summed E-state index contributed by atoms with van der Waals surface area (Å²) in [5, 5.41) is 4.48. The molecule has 0 atom stereocenters. The van der Waals surface area contributed by atoms with Crippen LogP contribution in [0.2, 0.25) is 0 Å². The summed E-state index contributed by atoms with van der Waals surface area (Å²) in [5.41, 5.74) is 4.62. The number of unbranched alkanes of at least 4 members (excludes halogenated alkanes) is 1. The number of benzene rings is 2. The third-order valence-electron chi connectivity index (χ3n) is 7.87. The Bertz CT molecular complexity index is 1330. The van der Waals surface area contributed by atoms with Crippen LogP contribution in [-0.4, -0.2) is 31.3 Å². The summed E-state index contributed by atoms with van der Waals surface area (Å²) in [4.78, 5) is 0.249. The molecule has 0 amide bonds. The third-order valence-corrected chi connectivity index (χ3v) is 9.59. The number of aromatic nitrogens is 2. The van der Waals surface area contributed by atoms with Crippen molar-refractivity contribution in [3.63, 3.8) is 0 Å². The molecule has 1 heterocycles. The van der Waals surface area contributed by atoms with Gasteiger partial charge in [0, 0.05) is 12.1 Å². The minimum Gasteiger partial charge on any atom is -0.493 e. The first-order valence-electron chi connectivity index (χ1n) is 13.7. The number of rotatable bonds is 13. The predicted octanol–water partition coefficient (Wildman–Crippen LogP) is 7.00. The van der Waals surface area contributed by atoms with Crippen molar-refractivity contribution in [1.29, 1.82) is 0 Å². The predicted molar refractivity (Wildman–Crippen MR) is 156 cm³/mol.